The van der Waals surface area contributed by atoms with Crippen LogP contribution in [0.5, 0.6) is 0 Å². The SMILES string of the molecule is COC(=O)C(CO)Nc1nc(C)cs1. The molecule has 1 unspecified atom stereocenters. The lowest BCUT2D eigenvalue weighted by Gasteiger charge is -2.12. The van der Waals surface area contributed by atoms with E-state index in [2.05, 4.69) is 15.0 Å². The Labute approximate surface area is 85.7 Å². The Kier molecular flexibility index (Phi) is 3.84. The van der Waals surface area contributed by atoms with Crippen molar-refractivity contribution in [1.82, 2.24) is 4.98 Å². The first-order chi connectivity index (χ1) is 6.67. The van der Waals surface area contributed by atoms with Crippen LogP contribution >= 0.6 is 11.3 Å². The van der Waals surface area contributed by atoms with E-state index in [1.807, 2.05) is 12.3 Å². The van der Waals surface area contributed by atoms with Crippen LogP contribution in [0.2, 0.25) is 0 Å². The minimum absolute atomic E-state index is 0.314. The summed E-state index contributed by atoms with van der Waals surface area (Å²) in [5.74, 6) is -0.500. The summed E-state index contributed by atoms with van der Waals surface area (Å²) in [5.41, 5.74) is 0.874. The average Bonchev–Trinajstić information content (AvgIpc) is 2.59. The van der Waals surface area contributed by atoms with E-state index < -0.39 is 12.0 Å². The quantitative estimate of drug-likeness (QED) is 0.713. The fourth-order valence-electron chi connectivity index (χ4n) is 0.891. The molecule has 14 heavy (non-hydrogen) atoms. The van der Waals surface area contributed by atoms with Gasteiger partial charge in [0, 0.05) is 5.38 Å². The zero-order chi connectivity index (χ0) is 10.6. The second-order valence-corrected chi connectivity index (χ2v) is 3.55. The van der Waals surface area contributed by atoms with E-state index in [9.17, 15) is 4.79 Å². The van der Waals surface area contributed by atoms with Crippen molar-refractivity contribution >= 4 is 22.4 Å². The molecule has 0 aliphatic rings. The van der Waals surface area contributed by atoms with Gasteiger partial charge in [-0.25, -0.2) is 9.78 Å². The smallest absolute Gasteiger partial charge is 0.330 e. The maximum atomic E-state index is 11.1. The third kappa shape index (κ3) is 2.68. The number of carbonyl (C=O) groups is 1. The first kappa shape index (κ1) is 10.9. The van der Waals surface area contributed by atoms with Gasteiger partial charge in [0.05, 0.1) is 19.4 Å². The number of aliphatic hydroxyl groups excluding tert-OH is 1. The number of hydrogen-bond donors (Lipinski definition) is 2. The summed E-state index contributed by atoms with van der Waals surface area (Å²) in [4.78, 5) is 15.2. The van der Waals surface area contributed by atoms with E-state index in [1.54, 1.807) is 0 Å². The largest absolute Gasteiger partial charge is 0.467 e. The number of aryl methyl sites for hydroxylation is 1. The van der Waals surface area contributed by atoms with Crippen LogP contribution in [0.4, 0.5) is 5.13 Å². The number of anilines is 1. The van der Waals surface area contributed by atoms with Crippen LogP contribution < -0.4 is 5.32 Å². The normalized spacial score (nSPS) is 12.2. The molecule has 1 heterocycles. The maximum Gasteiger partial charge on any atom is 0.330 e. The number of ether oxygens (including phenoxy) is 1. The van der Waals surface area contributed by atoms with Gasteiger partial charge in [0.2, 0.25) is 0 Å². The Morgan fingerprint density at radius 1 is 1.86 bits per heavy atom. The first-order valence-corrected chi connectivity index (χ1v) is 4.92. The Hall–Kier alpha value is -1.14. The van der Waals surface area contributed by atoms with Gasteiger partial charge in [0.15, 0.2) is 5.13 Å². The molecular weight excluding hydrogens is 204 g/mol. The maximum absolute atomic E-state index is 11.1. The van der Waals surface area contributed by atoms with Crippen molar-refractivity contribution < 1.29 is 14.6 Å². The lowest BCUT2D eigenvalue weighted by Crippen LogP contribution is -2.33. The van der Waals surface area contributed by atoms with Crippen molar-refractivity contribution in [3.05, 3.63) is 11.1 Å². The molecule has 2 N–H and O–H groups in total. The number of nitrogens with zero attached hydrogens (tertiary/aromatic N) is 1. The van der Waals surface area contributed by atoms with Crippen LogP contribution in [0.1, 0.15) is 5.69 Å². The van der Waals surface area contributed by atoms with Crippen LogP contribution in [0, 0.1) is 6.92 Å². The number of aromatic nitrogens is 1. The molecule has 1 aromatic heterocycles. The summed E-state index contributed by atoms with van der Waals surface area (Å²) in [6, 6.07) is -0.745. The third-order valence-corrected chi connectivity index (χ3v) is 2.48. The molecule has 1 rings (SSSR count). The molecule has 0 bridgehead atoms. The number of rotatable bonds is 4. The van der Waals surface area contributed by atoms with Gasteiger partial charge in [0.25, 0.3) is 0 Å². The Morgan fingerprint density at radius 2 is 2.57 bits per heavy atom. The summed E-state index contributed by atoms with van der Waals surface area (Å²) in [6.07, 6.45) is 0. The molecule has 0 aliphatic heterocycles. The average molecular weight is 216 g/mol. The van der Waals surface area contributed by atoms with Crippen LogP contribution in [-0.4, -0.2) is 35.8 Å². The minimum Gasteiger partial charge on any atom is -0.467 e. The van der Waals surface area contributed by atoms with Gasteiger partial charge in [-0.05, 0) is 6.92 Å². The van der Waals surface area contributed by atoms with Gasteiger partial charge in [-0.15, -0.1) is 11.3 Å². The van der Waals surface area contributed by atoms with Gasteiger partial charge in [-0.1, -0.05) is 0 Å². The van der Waals surface area contributed by atoms with E-state index in [0.29, 0.717) is 5.13 Å². The molecule has 0 amide bonds. The number of hydrogen-bond acceptors (Lipinski definition) is 6. The number of nitrogens with one attached hydrogen (secondary N) is 1. The number of aliphatic hydroxyl groups is 1. The molecule has 0 saturated heterocycles. The summed E-state index contributed by atoms with van der Waals surface area (Å²) in [5, 5.41) is 14.2. The van der Waals surface area contributed by atoms with Gasteiger partial charge in [-0.3, -0.25) is 0 Å². The number of carbonyl (C=O) groups excluding carboxylic acids is 1. The van der Waals surface area contributed by atoms with Crippen LogP contribution in [0.25, 0.3) is 0 Å². The Bertz CT molecular complexity index is 313. The van der Waals surface area contributed by atoms with E-state index in [4.69, 9.17) is 5.11 Å². The summed E-state index contributed by atoms with van der Waals surface area (Å²) >= 11 is 1.38. The number of esters is 1. The molecule has 0 aromatic carbocycles. The zero-order valence-corrected chi connectivity index (χ0v) is 8.80. The van der Waals surface area contributed by atoms with E-state index in [-0.39, 0.29) is 6.61 Å². The minimum atomic E-state index is -0.745. The highest BCUT2D eigenvalue weighted by Gasteiger charge is 2.18. The van der Waals surface area contributed by atoms with E-state index in [0.717, 1.165) is 5.69 Å². The van der Waals surface area contributed by atoms with Crippen LogP contribution in [0.15, 0.2) is 5.38 Å². The molecule has 0 radical (unpaired) electrons. The second kappa shape index (κ2) is 4.92. The van der Waals surface area contributed by atoms with E-state index >= 15 is 0 Å². The van der Waals surface area contributed by atoms with Crippen LogP contribution in [-0.2, 0) is 9.53 Å². The Balaban J connectivity index is 2.61. The molecule has 5 nitrogen and oxygen atoms in total. The molecular formula is C8H12N2O3S. The van der Waals surface area contributed by atoms with Crippen molar-refractivity contribution in [3.63, 3.8) is 0 Å². The molecule has 1 atom stereocenters. The lowest BCUT2D eigenvalue weighted by molar-refractivity contribution is -0.142. The van der Waals surface area contributed by atoms with E-state index in [1.165, 1.54) is 18.4 Å². The molecule has 0 fully saturated rings. The first-order valence-electron chi connectivity index (χ1n) is 4.04. The fourth-order valence-corrected chi connectivity index (χ4v) is 1.63. The molecule has 0 spiro atoms. The highest BCUT2D eigenvalue weighted by Crippen LogP contribution is 2.15. The van der Waals surface area contributed by atoms with Crippen molar-refractivity contribution in [3.8, 4) is 0 Å². The third-order valence-electron chi connectivity index (χ3n) is 1.58. The highest BCUT2D eigenvalue weighted by molar-refractivity contribution is 7.13. The standard InChI is InChI=1S/C8H12N2O3S/c1-5-4-14-8(9-5)10-6(3-11)7(12)13-2/h4,6,11H,3H2,1-2H3,(H,9,10). The zero-order valence-electron chi connectivity index (χ0n) is 7.98. The van der Waals surface area contributed by atoms with Gasteiger partial charge >= 0.3 is 5.97 Å². The van der Waals surface area contributed by atoms with Crippen molar-refractivity contribution in [1.29, 1.82) is 0 Å². The predicted octanol–water partition coefficient (Wildman–Crippen LogP) is 0.397. The monoisotopic (exact) mass is 216 g/mol. The molecule has 0 aliphatic carbocycles. The lowest BCUT2D eigenvalue weighted by atomic mass is 10.3. The summed E-state index contributed by atoms with van der Waals surface area (Å²) in [6.45, 7) is 1.54. The number of methoxy groups -OCH3 is 1. The van der Waals surface area contributed by atoms with Crippen molar-refractivity contribution in [2.24, 2.45) is 0 Å². The molecule has 1 aromatic rings. The van der Waals surface area contributed by atoms with Gasteiger partial charge in [-0.2, -0.15) is 0 Å². The van der Waals surface area contributed by atoms with Crippen molar-refractivity contribution in [2.75, 3.05) is 19.0 Å². The number of thiazole rings is 1. The molecule has 0 saturated carbocycles. The van der Waals surface area contributed by atoms with Gasteiger partial charge < -0.3 is 15.2 Å². The van der Waals surface area contributed by atoms with Gasteiger partial charge in [0.1, 0.15) is 6.04 Å². The topological polar surface area (TPSA) is 71.5 Å². The molecule has 6 heteroatoms. The Morgan fingerprint density at radius 3 is 3.00 bits per heavy atom. The van der Waals surface area contributed by atoms with Crippen molar-refractivity contribution in [2.45, 2.75) is 13.0 Å². The highest BCUT2D eigenvalue weighted by atomic mass is 32.1. The van der Waals surface area contributed by atoms with Crippen LogP contribution in [0.3, 0.4) is 0 Å². The second-order valence-electron chi connectivity index (χ2n) is 2.70. The summed E-state index contributed by atoms with van der Waals surface area (Å²) in [7, 11) is 1.28. The predicted molar refractivity (Wildman–Crippen MR) is 53.4 cm³/mol. The fraction of sp³-hybridized carbons (Fsp3) is 0.500. The summed E-state index contributed by atoms with van der Waals surface area (Å²) < 4.78 is 4.50. The molecule has 78 valence electrons.